The van der Waals surface area contributed by atoms with E-state index in [0.29, 0.717) is 22.8 Å². The number of sulfonamides is 1. The SMILES string of the molecule is CC[C@H](C)NC(=O)[C@H](Cc1ccccc1)N(Cc1ccc(Cl)cc1Cl)C(=O)CN(c1ccc(F)cc1)S(=O)(=O)c1ccc(OC)cc1. The molecule has 0 aliphatic rings. The molecule has 0 aliphatic heterocycles. The quantitative estimate of drug-likeness (QED) is 0.155. The third kappa shape index (κ3) is 9.24. The van der Waals surface area contributed by atoms with Gasteiger partial charge < -0.3 is 15.0 Å². The highest BCUT2D eigenvalue weighted by atomic mass is 35.5. The van der Waals surface area contributed by atoms with E-state index < -0.39 is 40.2 Å². The van der Waals surface area contributed by atoms with Gasteiger partial charge in [0.2, 0.25) is 11.8 Å². The molecule has 0 saturated carbocycles. The summed E-state index contributed by atoms with van der Waals surface area (Å²) in [6.45, 7) is 2.96. The van der Waals surface area contributed by atoms with Crippen molar-refractivity contribution in [2.24, 2.45) is 0 Å². The lowest BCUT2D eigenvalue weighted by Crippen LogP contribution is -2.54. The van der Waals surface area contributed by atoms with Gasteiger partial charge in [0.15, 0.2) is 0 Å². The van der Waals surface area contributed by atoms with Crippen LogP contribution in [0.5, 0.6) is 5.75 Å². The average Bonchev–Trinajstić information content (AvgIpc) is 3.06. The first-order valence-electron chi connectivity index (χ1n) is 14.9. The number of ether oxygens (including phenoxy) is 1. The number of methoxy groups -OCH3 is 1. The van der Waals surface area contributed by atoms with Gasteiger partial charge in [-0.1, -0.05) is 66.5 Å². The number of rotatable bonds is 14. The minimum atomic E-state index is -4.37. The summed E-state index contributed by atoms with van der Waals surface area (Å²) in [5.74, 6) is -1.23. The van der Waals surface area contributed by atoms with Crippen molar-refractivity contribution in [2.45, 2.75) is 50.2 Å². The molecule has 0 fully saturated rings. The van der Waals surface area contributed by atoms with E-state index in [1.165, 1.54) is 54.5 Å². The maximum atomic E-state index is 14.5. The Bertz CT molecular complexity index is 1780. The molecule has 12 heteroatoms. The molecule has 4 aromatic carbocycles. The van der Waals surface area contributed by atoms with E-state index in [0.717, 1.165) is 22.0 Å². The van der Waals surface area contributed by atoms with E-state index in [1.807, 2.05) is 44.2 Å². The molecule has 0 saturated heterocycles. The molecule has 248 valence electrons. The normalized spacial score (nSPS) is 12.6. The molecule has 0 heterocycles. The van der Waals surface area contributed by atoms with Gasteiger partial charge in [0, 0.05) is 29.1 Å². The van der Waals surface area contributed by atoms with Gasteiger partial charge in [0.05, 0.1) is 17.7 Å². The highest BCUT2D eigenvalue weighted by Gasteiger charge is 2.35. The number of carbonyl (C=O) groups is 2. The highest BCUT2D eigenvalue weighted by Crippen LogP contribution is 2.28. The van der Waals surface area contributed by atoms with Crippen LogP contribution in [0.15, 0.2) is 102 Å². The van der Waals surface area contributed by atoms with Crippen molar-refractivity contribution in [3.8, 4) is 5.75 Å². The summed E-state index contributed by atoms with van der Waals surface area (Å²) in [7, 11) is -2.92. The van der Waals surface area contributed by atoms with E-state index in [-0.39, 0.29) is 34.6 Å². The Kier molecular flexibility index (Phi) is 12.3. The van der Waals surface area contributed by atoms with Crippen LogP contribution in [0.1, 0.15) is 31.4 Å². The molecule has 4 rings (SSSR count). The molecule has 0 aliphatic carbocycles. The second-order valence-corrected chi connectivity index (χ2v) is 13.7. The first-order valence-corrected chi connectivity index (χ1v) is 17.1. The predicted octanol–water partition coefficient (Wildman–Crippen LogP) is 6.89. The lowest BCUT2D eigenvalue weighted by atomic mass is 10.0. The van der Waals surface area contributed by atoms with Crippen LogP contribution in [0.3, 0.4) is 0 Å². The number of nitrogens with zero attached hydrogens (tertiary/aromatic N) is 2. The third-order valence-electron chi connectivity index (χ3n) is 7.67. The number of amides is 2. The Labute approximate surface area is 285 Å². The van der Waals surface area contributed by atoms with Gasteiger partial charge in [-0.3, -0.25) is 13.9 Å². The fourth-order valence-electron chi connectivity index (χ4n) is 4.84. The lowest BCUT2D eigenvalue weighted by molar-refractivity contribution is -0.140. The fourth-order valence-corrected chi connectivity index (χ4v) is 6.72. The number of carbonyl (C=O) groups excluding carboxylic acids is 2. The van der Waals surface area contributed by atoms with Gasteiger partial charge in [0.25, 0.3) is 10.0 Å². The van der Waals surface area contributed by atoms with Gasteiger partial charge in [-0.25, -0.2) is 12.8 Å². The molecular formula is C35H36Cl2FN3O5S. The van der Waals surface area contributed by atoms with Crippen LogP contribution in [-0.2, 0) is 32.6 Å². The molecular weight excluding hydrogens is 664 g/mol. The van der Waals surface area contributed by atoms with Crippen LogP contribution in [0.2, 0.25) is 10.0 Å². The zero-order valence-corrected chi connectivity index (χ0v) is 28.5. The minimum absolute atomic E-state index is 0.0590. The molecule has 8 nitrogen and oxygen atoms in total. The van der Waals surface area contributed by atoms with Crippen molar-refractivity contribution in [2.75, 3.05) is 18.0 Å². The summed E-state index contributed by atoms with van der Waals surface area (Å²) < 4.78 is 48.3. The molecule has 2 amide bonds. The van der Waals surface area contributed by atoms with Crippen molar-refractivity contribution in [3.63, 3.8) is 0 Å². The van der Waals surface area contributed by atoms with E-state index in [1.54, 1.807) is 12.1 Å². The maximum absolute atomic E-state index is 14.5. The van der Waals surface area contributed by atoms with E-state index in [2.05, 4.69) is 5.32 Å². The average molecular weight is 701 g/mol. The number of hydrogen-bond acceptors (Lipinski definition) is 5. The van der Waals surface area contributed by atoms with Crippen molar-refractivity contribution < 1.29 is 27.1 Å². The topological polar surface area (TPSA) is 96.0 Å². The maximum Gasteiger partial charge on any atom is 0.264 e. The largest absolute Gasteiger partial charge is 0.497 e. The van der Waals surface area contributed by atoms with Gasteiger partial charge in [0.1, 0.15) is 24.2 Å². The summed E-state index contributed by atoms with van der Waals surface area (Å²) >= 11 is 12.7. The van der Waals surface area contributed by atoms with E-state index in [4.69, 9.17) is 27.9 Å². The van der Waals surface area contributed by atoms with Crippen LogP contribution in [0.25, 0.3) is 0 Å². The molecule has 2 atom stereocenters. The van der Waals surface area contributed by atoms with Crippen LogP contribution in [0.4, 0.5) is 10.1 Å². The van der Waals surface area contributed by atoms with Crippen molar-refractivity contribution in [1.29, 1.82) is 0 Å². The van der Waals surface area contributed by atoms with Gasteiger partial charge >= 0.3 is 0 Å². The Morgan fingerprint density at radius 3 is 2.19 bits per heavy atom. The minimum Gasteiger partial charge on any atom is -0.497 e. The molecule has 0 bridgehead atoms. The number of benzene rings is 4. The van der Waals surface area contributed by atoms with Gasteiger partial charge in [-0.2, -0.15) is 0 Å². The molecule has 0 unspecified atom stereocenters. The molecule has 0 radical (unpaired) electrons. The van der Waals surface area contributed by atoms with Gasteiger partial charge in [-0.15, -0.1) is 0 Å². The molecule has 47 heavy (non-hydrogen) atoms. The Balaban J connectivity index is 1.82. The third-order valence-corrected chi connectivity index (χ3v) is 10.0. The van der Waals surface area contributed by atoms with Crippen LogP contribution in [-0.4, -0.2) is 50.9 Å². The number of hydrogen-bond donors (Lipinski definition) is 1. The Morgan fingerprint density at radius 2 is 1.60 bits per heavy atom. The molecule has 4 aromatic rings. The molecule has 0 spiro atoms. The van der Waals surface area contributed by atoms with Crippen LogP contribution in [0, 0.1) is 5.82 Å². The first kappa shape index (κ1) is 35.7. The zero-order valence-electron chi connectivity index (χ0n) is 26.2. The van der Waals surface area contributed by atoms with Crippen molar-refractivity contribution >= 4 is 50.7 Å². The summed E-state index contributed by atoms with van der Waals surface area (Å²) in [6, 6.07) is 23.2. The summed E-state index contributed by atoms with van der Waals surface area (Å²) in [6.07, 6.45) is 0.793. The number of halogens is 3. The van der Waals surface area contributed by atoms with Crippen molar-refractivity contribution in [3.05, 3.63) is 124 Å². The Hall–Kier alpha value is -4.12. The van der Waals surface area contributed by atoms with Crippen LogP contribution >= 0.6 is 23.2 Å². The summed E-state index contributed by atoms with van der Waals surface area (Å²) in [5.41, 5.74) is 1.35. The number of nitrogens with one attached hydrogen (secondary N) is 1. The second kappa shape index (κ2) is 16.1. The standard InChI is InChI=1S/C35H36Cl2FN3O5S/c1-4-24(2)39-35(43)33(20-25-8-6-5-7-9-25)40(22-26-10-11-27(36)21-32(26)37)34(42)23-41(29-14-12-28(38)13-15-29)47(44,45)31-18-16-30(46-3)17-19-31/h5-19,21,24,33H,4,20,22-23H2,1-3H3,(H,39,43)/t24-,33-/m0/s1. The van der Waals surface area contributed by atoms with Gasteiger partial charge in [-0.05, 0) is 85.1 Å². The monoisotopic (exact) mass is 699 g/mol. The van der Waals surface area contributed by atoms with Crippen molar-refractivity contribution in [1.82, 2.24) is 10.2 Å². The fraction of sp³-hybridized carbons (Fsp3) is 0.257. The summed E-state index contributed by atoms with van der Waals surface area (Å²) in [4.78, 5) is 29.7. The van der Waals surface area contributed by atoms with E-state index >= 15 is 0 Å². The second-order valence-electron chi connectivity index (χ2n) is 10.9. The highest BCUT2D eigenvalue weighted by molar-refractivity contribution is 7.92. The smallest absolute Gasteiger partial charge is 0.264 e. The first-order chi connectivity index (χ1) is 22.4. The summed E-state index contributed by atoms with van der Waals surface area (Å²) in [5, 5.41) is 3.64. The zero-order chi connectivity index (χ0) is 34.1. The Morgan fingerprint density at radius 1 is 0.936 bits per heavy atom. The van der Waals surface area contributed by atoms with E-state index in [9.17, 15) is 22.4 Å². The number of anilines is 1. The van der Waals surface area contributed by atoms with Crippen LogP contribution < -0.4 is 14.4 Å². The molecule has 1 N–H and O–H groups in total. The lowest BCUT2D eigenvalue weighted by Gasteiger charge is -2.34. The molecule has 0 aromatic heterocycles. The predicted molar refractivity (Wildman–Crippen MR) is 183 cm³/mol.